The van der Waals surface area contributed by atoms with Crippen LogP contribution in [0, 0.1) is 0 Å². The van der Waals surface area contributed by atoms with Gasteiger partial charge in [0.2, 0.25) is 5.91 Å². The zero-order valence-electron chi connectivity index (χ0n) is 57.2. The first-order valence-electron chi connectivity index (χ1n) is 38.6. The maximum Gasteiger partial charge on any atom is 0.305 e. The molecule has 0 heterocycles. The molecular weight excluding hydrogens is 1030 g/mol. The Hall–Kier alpha value is -1.66. The summed E-state index contributed by atoms with van der Waals surface area (Å²) in [6, 6.07) is -0.626. The van der Waals surface area contributed by atoms with Gasteiger partial charge in [-0.15, -0.1) is 0 Å². The van der Waals surface area contributed by atoms with Gasteiger partial charge >= 0.3 is 5.97 Å². The van der Waals surface area contributed by atoms with E-state index in [0.29, 0.717) is 19.4 Å². The number of carbonyl (C=O) groups is 2. The monoisotopic (exact) mass is 1180 g/mol. The lowest BCUT2D eigenvalue weighted by Gasteiger charge is -2.20. The Morgan fingerprint density at radius 1 is 0.321 bits per heavy atom. The summed E-state index contributed by atoms with van der Waals surface area (Å²) in [6.07, 6.45) is 94.4. The molecule has 3 N–H and O–H groups in total. The van der Waals surface area contributed by atoms with Crippen LogP contribution in [0.5, 0.6) is 0 Å². The van der Waals surface area contributed by atoms with Gasteiger partial charge in [0.05, 0.1) is 25.4 Å². The van der Waals surface area contributed by atoms with Crippen molar-refractivity contribution in [2.75, 3.05) is 13.2 Å². The highest BCUT2D eigenvalue weighted by molar-refractivity contribution is 5.76. The minimum atomic E-state index is -0.843. The molecule has 0 aromatic rings. The molecule has 0 aliphatic carbocycles. The lowest BCUT2D eigenvalue weighted by molar-refractivity contribution is -0.143. The number of esters is 1. The molecule has 498 valence electrons. The van der Waals surface area contributed by atoms with E-state index in [-0.39, 0.29) is 18.5 Å². The molecule has 0 saturated heterocycles. The van der Waals surface area contributed by atoms with Crippen LogP contribution in [0.2, 0.25) is 0 Å². The Balaban J connectivity index is 3.36. The van der Waals surface area contributed by atoms with Crippen molar-refractivity contribution in [2.45, 2.75) is 450 Å². The summed E-state index contributed by atoms with van der Waals surface area (Å²) in [5.74, 6) is -0.0468. The van der Waals surface area contributed by atoms with Gasteiger partial charge in [-0.1, -0.05) is 391 Å². The van der Waals surface area contributed by atoms with Crippen molar-refractivity contribution < 1.29 is 24.5 Å². The van der Waals surface area contributed by atoms with Crippen LogP contribution in [-0.4, -0.2) is 47.4 Å². The number of carbonyl (C=O) groups excluding carboxylic acids is 2. The van der Waals surface area contributed by atoms with E-state index in [2.05, 4.69) is 31.3 Å². The fourth-order valence-corrected chi connectivity index (χ4v) is 12.3. The standard InChI is InChI=1S/C78H151NO5/c1-3-5-7-9-11-13-15-17-18-19-20-21-31-34-37-40-43-47-50-54-58-62-66-70-76(81)75(74-80)79-77(82)71-67-63-59-55-51-48-44-41-38-35-32-29-27-25-23-22-24-26-28-30-33-36-39-42-45-49-53-57-61-65-69-73-84-78(83)72-68-64-60-56-52-46-16-14-12-10-8-6-4-2/h14,16,66,70,75-76,80-81H,3-13,15,17-65,67-69,71-74H2,1-2H3,(H,79,82)/b16-14-,70-66+. The second kappa shape index (κ2) is 73.8. The molecule has 6 heteroatoms. The third-order valence-electron chi connectivity index (χ3n) is 18.2. The highest BCUT2D eigenvalue weighted by atomic mass is 16.5. The van der Waals surface area contributed by atoms with Gasteiger partial charge in [0.15, 0.2) is 0 Å². The highest BCUT2D eigenvalue weighted by Gasteiger charge is 2.18. The molecule has 0 aromatic heterocycles. The van der Waals surface area contributed by atoms with Crippen molar-refractivity contribution in [1.29, 1.82) is 0 Å². The number of hydrogen-bond acceptors (Lipinski definition) is 5. The van der Waals surface area contributed by atoms with Crippen molar-refractivity contribution in [3.63, 3.8) is 0 Å². The third kappa shape index (κ3) is 69.4. The van der Waals surface area contributed by atoms with Crippen LogP contribution >= 0.6 is 0 Å². The van der Waals surface area contributed by atoms with Crippen molar-refractivity contribution in [2.24, 2.45) is 0 Å². The van der Waals surface area contributed by atoms with Crippen LogP contribution in [0.3, 0.4) is 0 Å². The number of aliphatic hydroxyl groups excluding tert-OH is 2. The summed E-state index contributed by atoms with van der Waals surface area (Å²) < 4.78 is 5.49. The second-order valence-corrected chi connectivity index (χ2v) is 26.7. The van der Waals surface area contributed by atoms with E-state index in [0.717, 1.165) is 44.9 Å². The fourth-order valence-electron chi connectivity index (χ4n) is 12.3. The zero-order chi connectivity index (χ0) is 60.6. The number of aliphatic hydroxyl groups is 2. The van der Waals surface area contributed by atoms with Crippen molar-refractivity contribution in [3.8, 4) is 0 Å². The van der Waals surface area contributed by atoms with Gasteiger partial charge in [-0.25, -0.2) is 0 Å². The summed E-state index contributed by atoms with van der Waals surface area (Å²) in [4.78, 5) is 24.6. The number of hydrogen-bond donors (Lipinski definition) is 3. The van der Waals surface area contributed by atoms with Crippen molar-refractivity contribution in [1.82, 2.24) is 5.32 Å². The minimum absolute atomic E-state index is 0.0119. The van der Waals surface area contributed by atoms with Crippen LogP contribution < -0.4 is 5.32 Å². The molecule has 0 aliphatic heterocycles. The van der Waals surface area contributed by atoms with Gasteiger partial charge < -0.3 is 20.3 Å². The van der Waals surface area contributed by atoms with Gasteiger partial charge in [0.25, 0.3) is 0 Å². The topological polar surface area (TPSA) is 95.9 Å². The molecule has 0 radical (unpaired) electrons. The van der Waals surface area contributed by atoms with Crippen LogP contribution in [0.25, 0.3) is 0 Å². The smallest absolute Gasteiger partial charge is 0.305 e. The number of ether oxygens (including phenoxy) is 1. The van der Waals surface area contributed by atoms with E-state index in [9.17, 15) is 19.8 Å². The average molecular weight is 1180 g/mol. The quantitative estimate of drug-likeness (QED) is 0.0320. The molecule has 0 saturated carbocycles. The predicted molar refractivity (Wildman–Crippen MR) is 370 cm³/mol. The summed E-state index contributed by atoms with van der Waals surface area (Å²) in [6.45, 7) is 4.94. The Morgan fingerprint density at radius 3 is 0.857 bits per heavy atom. The summed E-state index contributed by atoms with van der Waals surface area (Å²) in [5.41, 5.74) is 0. The Kier molecular flexibility index (Phi) is 72.3. The van der Waals surface area contributed by atoms with E-state index in [1.807, 2.05) is 6.08 Å². The Morgan fingerprint density at radius 2 is 0.560 bits per heavy atom. The number of nitrogens with one attached hydrogen (secondary N) is 1. The van der Waals surface area contributed by atoms with Gasteiger partial charge in [-0.3, -0.25) is 9.59 Å². The summed E-state index contributed by atoms with van der Waals surface area (Å²) in [7, 11) is 0. The van der Waals surface area contributed by atoms with Gasteiger partial charge in [-0.2, -0.15) is 0 Å². The van der Waals surface area contributed by atoms with Gasteiger partial charge in [-0.05, 0) is 57.8 Å². The zero-order valence-corrected chi connectivity index (χ0v) is 57.2. The lowest BCUT2D eigenvalue weighted by Crippen LogP contribution is -2.45. The first kappa shape index (κ1) is 82.3. The van der Waals surface area contributed by atoms with Gasteiger partial charge in [0.1, 0.15) is 0 Å². The first-order valence-corrected chi connectivity index (χ1v) is 38.6. The molecule has 6 nitrogen and oxygen atoms in total. The predicted octanol–water partition coefficient (Wildman–Crippen LogP) is 25.3. The number of unbranched alkanes of at least 4 members (excludes halogenated alkanes) is 60. The molecule has 0 spiro atoms. The molecule has 2 atom stereocenters. The van der Waals surface area contributed by atoms with E-state index >= 15 is 0 Å². The maximum absolute atomic E-state index is 12.5. The average Bonchev–Trinajstić information content (AvgIpc) is 3.51. The molecule has 0 aliphatic rings. The number of rotatable bonds is 73. The van der Waals surface area contributed by atoms with E-state index < -0.39 is 12.1 Å². The Bertz CT molecular complexity index is 1320. The van der Waals surface area contributed by atoms with Crippen LogP contribution in [0.4, 0.5) is 0 Å². The summed E-state index contributed by atoms with van der Waals surface area (Å²) >= 11 is 0. The molecule has 0 bridgehead atoms. The van der Waals surface area contributed by atoms with Crippen molar-refractivity contribution >= 4 is 11.9 Å². The largest absolute Gasteiger partial charge is 0.466 e. The van der Waals surface area contributed by atoms with Crippen LogP contribution in [0.1, 0.15) is 438 Å². The van der Waals surface area contributed by atoms with E-state index in [4.69, 9.17) is 4.74 Å². The van der Waals surface area contributed by atoms with Crippen molar-refractivity contribution in [3.05, 3.63) is 24.3 Å². The van der Waals surface area contributed by atoms with E-state index in [1.165, 1.54) is 366 Å². The maximum atomic E-state index is 12.5. The Labute approximate surface area is 526 Å². The van der Waals surface area contributed by atoms with Crippen LogP contribution in [-0.2, 0) is 14.3 Å². The molecule has 1 amide bonds. The first-order chi connectivity index (χ1) is 41.5. The normalized spacial score (nSPS) is 12.6. The summed E-state index contributed by atoms with van der Waals surface area (Å²) in [5, 5.41) is 23.3. The second-order valence-electron chi connectivity index (χ2n) is 26.7. The molecule has 84 heavy (non-hydrogen) atoms. The molecular formula is C78H151NO5. The number of allylic oxidation sites excluding steroid dienone is 3. The fraction of sp³-hybridized carbons (Fsp3) is 0.923. The molecule has 2 unspecified atom stereocenters. The molecule has 0 aromatic carbocycles. The highest BCUT2D eigenvalue weighted by Crippen LogP contribution is 2.20. The minimum Gasteiger partial charge on any atom is -0.466 e. The SMILES string of the molecule is CCCCCC/C=C\CCCCCCCC(=O)OCCCCCCCCCCCCCCCCCCCCCCCCCCCCCCCCCC(=O)NC(CO)C(O)/C=C/CCCCCCCCCCCCCCCCCCCCCCC. The number of amides is 1. The lowest BCUT2D eigenvalue weighted by atomic mass is 10.0. The van der Waals surface area contributed by atoms with E-state index in [1.54, 1.807) is 6.08 Å². The molecule has 0 fully saturated rings. The van der Waals surface area contributed by atoms with Gasteiger partial charge in [0, 0.05) is 12.8 Å². The molecule has 0 rings (SSSR count). The van der Waals surface area contributed by atoms with Crippen LogP contribution in [0.15, 0.2) is 24.3 Å². The third-order valence-corrected chi connectivity index (χ3v) is 18.2.